The average Bonchev–Trinajstić information content (AvgIpc) is 2.38. The van der Waals surface area contributed by atoms with E-state index in [0.29, 0.717) is 12.4 Å². The van der Waals surface area contributed by atoms with Gasteiger partial charge < -0.3 is 10.2 Å². The topological polar surface area (TPSA) is 73.4 Å². The van der Waals surface area contributed by atoms with Gasteiger partial charge in [-0.3, -0.25) is 19.2 Å². The molecular weight excluding hydrogens is 246 g/mol. The molecule has 1 aliphatic rings. The van der Waals surface area contributed by atoms with Crippen molar-refractivity contribution in [3.05, 3.63) is 26.9 Å². The number of nitrogens with one attached hydrogen (secondary N) is 2. The minimum Gasteiger partial charge on any atom is -0.370 e. The van der Waals surface area contributed by atoms with E-state index >= 15 is 0 Å². The monoisotopic (exact) mass is 267 g/mol. The lowest BCUT2D eigenvalue weighted by atomic mass is 10.3. The Kier molecular flexibility index (Phi) is 4.39. The van der Waals surface area contributed by atoms with Gasteiger partial charge in [-0.2, -0.15) is 0 Å². The second-order valence-electron chi connectivity index (χ2n) is 4.96. The van der Waals surface area contributed by atoms with E-state index in [1.54, 1.807) is 0 Å². The van der Waals surface area contributed by atoms with Crippen LogP contribution in [0, 0.1) is 0 Å². The zero-order chi connectivity index (χ0) is 13.8. The van der Waals surface area contributed by atoms with Crippen LogP contribution in [0.4, 0.5) is 5.82 Å². The number of likely N-dealkylation sites (N-methyl/N-ethyl adjacent to an activating group) is 1. The van der Waals surface area contributed by atoms with Gasteiger partial charge in [-0.1, -0.05) is 0 Å². The highest BCUT2D eigenvalue weighted by Gasteiger charge is 2.12. The molecular formula is C12H21N5O2. The van der Waals surface area contributed by atoms with Gasteiger partial charge in [0.2, 0.25) is 0 Å². The predicted molar refractivity (Wildman–Crippen MR) is 74.7 cm³/mol. The first kappa shape index (κ1) is 13.8. The molecule has 0 spiro atoms. The molecule has 2 rings (SSSR count). The van der Waals surface area contributed by atoms with Crippen LogP contribution in [0.1, 0.15) is 0 Å². The Labute approximate surface area is 111 Å². The molecule has 106 valence electrons. The molecule has 0 aliphatic carbocycles. The minimum atomic E-state index is -0.394. The van der Waals surface area contributed by atoms with Crippen molar-refractivity contribution in [2.75, 3.05) is 51.6 Å². The van der Waals surface area contributed by atoms with Gasteiger partial charge in [-0.05, 0) is 7.05 Å². The molecule has 19 heavy (non-hydrogen) atoms. The van der Waals surface area contributed by atoms with Crippen molar-refractivity contribution < 1.29 is 0 Å². The fourth-order valence-electron chi connectivity index (χ4n) is 2.07. The smallest absolute Gasteiger partial charge is 0.329 e. The molecule has 1 fully saturated rings. The lowest BCUT2D eigenvalue weighted by Gasteiger charge is -2.32. The van der Waals surface area contributed by atoms with E-state index in [0.717, 1.165) is 37.3 Å². The number of nitrogens with zero attached hydrogens (tertiary/aromatic N) is 3. The maximum Gasteiger partial charge on any atom is 0.329 e. The van der Waals surface area contributed by atoms with Crippen LogP contribution in [-0.2, 0) is 7.05 Å². The van der Waals surface area contributed by atoms with Crippen molar-refractivity contribution in [2.24, 2.45) is 7.05 Å². The normalized spacial score (nSPS) is 17.6. The number of aromatic amines is 1. The van der Waals surface area contributed by atoms with Gasteiger partial charge in [0.05, 0.1) is 0 Å². The maximum absolute atomic E-state index is 11.4. The molecule has 2 heterocycles. The van der Waals surface area contributed by atoms with Crippen molar-refractivity contribution in [2.45, 2.75) is 0 Å². The van der Waals surface area contributed by atoms with E-state index in [4.69, 9.17) is 0 Å². The summed E-state index contributed by atoms with van der Waals surface area (Å²) in [6.07, 6.45) is 0. The molecule has 7 nitrogen and oxygen atoms in total. The third-order valence-electron chi connectivity index (χ3n) is 3.48. The van der Waals surface area contributed by atoms with Gasteiger partial charge in [-0.15, -0.1) is 0 Å². The molecule has 1 aromatic rings. The second-order valence-corrected chi connectivity index (χ2v) is 4.96. The highest BCUT2D eigenvalue weighted by atomic mass is 16.2. The molecule has 0 atom stereocenters. The van der Waals surface area contributed by atoms with Crippen LogP contribution in [0.3, 0.4) is 0 Å². The van der Waals surface area contributed by atoms with Crippen LogP contribution in [0.15, 0.2) is 15.7 Å². The Bertz CT molecular complexity index is 496. The largest absolute Gasteiger partial charge is 0.370 e. The van der Waals surface area contributed by atoms with Gasteiger partial charge in [-0.25, -0.2) is 4.79 Å². The van der Waals surface area contributed by atoms with Gasteiger partial charge >= 0.3 is 5.69 Å². The lowest BCUT2D eigenvalue weighted by molar-refractivity contribution is 0.158. The van der Waals surface area contributed by atoms with E-state index in [-0.39, 0.29) is 5.56 Å². The summed E-state index contributed by atoms with van der Waals surface area (Å²) in [5.41, 5.74) is -0.694. The van der Waals surface area contributed by atoms with Crippen LogP contribution in [0.5, 0.6) is 0 Å². The Balaban J connectivity index is 1.83. The summed E-state index contributed by atoms with van der Waals surface area (Å²) >= 11 is 0. The van der Waals surface area contributed by atoms with Crippen LogP contribution in [-0.4, -0.2) is 65.7 Å². The lowest BCUT2D eigenvalue weighted by Crippen LogP contribution is -2.46. The molecule has 0 bridgehead atoms. The minimum absolute atomic E-state index is 0.300. The van der Waals surface area contributed by atoms with Crippen LogP contribution in [0.2, 0.25) is 0 Å². The Morgan fingerprint density at radius 3 is 2.53 bits per heavy atom. The SMILES string of the molecule is CN1CCN(CCNc2cc(=O)n(C)c(=O)[nH]2)CC1. The molecule has 1 aromatic heterocycles. The molecule has 7 heteroatoms. The maximum atomic E-state index is 11.4. The average molecular weight is 267 g/mol. The number of anilines is 1. The number of H-pyrrole nitrogens is 1. The quantitative estimate of drug-likeness (QED) is 0.712. The van der Waals surface area contributed by atoms with E-state index < -0.39 is 5.69 Å². The van der Waals surface area contributed by atoms with Crippen molar-refractivity contribution in [3.8, 4) is 0 Å². The zero-order valence-corrected chi connectivity index (χ0v) is 11.5. The van der Waals surface area contributed by atoms with Crippen molar-refractivity contribution in [1.29, 1.82) is 0 Å². The van der Waals surface area contributed by atoms with E-state index in [1.165, 1.54) is 13.1 Å². The summed E-state index contributed by atoms with van der Waals surface area (Å²) in [7, 11) is 3.58. The van der Waals surface area contributed by atoms with E-state index in [9.17, 15) is 9.59 Å². The molecule has 0 radical (unpaired) electrons. The molecule has 1 saturated heterocycles. The zero-order valence-electron chi connectivity index (χ0n) is 11.5. The Morgan fingerprint density at radius 1 is 1.21 bits per heavy atom. The molecule has 0 unspecified atom stereocenters. The molecule has 1 aliphatic heterocycles. The summed E-state index contributed by atoms with van der Waals surface area (Å²) in [5.74, 6) is 0.488. The fraction of sp³-hybridized carbons (Fsp3) is 0.667. The number of aromatic nitrogens is 2. The first-order valence-corrected chi connectivity index (χ1v) is 6.51. The third-order valence-corrected chi connectivity index (χ3v) is 3.48. The van der Waals surface area contributed by atoms with Crippen molar-refractivity contribution in [3.63, 3.8) is 0 Å². The van der Waals surface area contributed by atoms with Crippen LogP contribution in [0.25, 0.3) is 0 Å². The van der Waals surface area contributed by atoms with Gasteiger partial charge in [0, 0.05) is 52.4 Å². The van der Waals surface area contributed by atoms with Gasteiger partial charge in [0.15, 0.2) is 0 Å². The van der Waals surface area contributed by atoms with Crippen LogP contribution >= 0.6 is 0 Å². The number of piperazine rings is 1. The first-order valence-electron chi connectivity index (χ1n) is 6.51. The van der Waals surface area contributed by atoms with Gasteiger partial charge in [0.25, 0.3) is 5.56 Å². The van der Waals surface area contributed by atoms with Crippen LogP contribution < -0.4 is 16.6 Å². The second kappa shape index (κ2) is 6.03. The Hall–Kier alpha value is -1.60. The van der Waals surface area contributed by atoms with Crippen molar-refractivity contribution >= 4 is 5.82 Å². The van der Waals surface area contributed by atoms with E-state index in [2.05, 4.69) is 27.1 Å². The number of hydrogen-bond donors (Lipinski definition) is 2. The highest BCUT2D eigenvalue weighted by Crippen LogP contribution is 1.99. The first-order chi connectivity index (χ1) is 9.06. The summed E-state index contributed by atoms with van der Waals surface area (Å²) in [5, 5.41) is 3.09. The molecule has 0 aromatic carbocycles. The summed E-state index contributed by atoms with van der Waals surface area (Å²) in [4.78, 5) is 30.2. The highest BCUT2D eigenvalue weighted by molar-refractivity contribution is 5.31. The fourth-order valence-corrected chi connectivity index (χ4v) is 2.07. The van der Waals surface area contributed by atoms with E-state index in [1.807, 2.05) is 0 Å². The summed E-state index contributed by atoms with van der Waals surface area (Å²) in [6.45, 7) is 5.92. The molecule has 0 amide bonds. The Morgan fingerprint density at radius 2 is 1.89 bits per heavy atom. The van der Waals surface area contributed by atoms with Gasteiger partial charge in [0.1, 0.15) is 5.82 Å². The molecule has 0 saturated carbocycles. The predicted octanol–water partition coefficient (Wildman–Crippen LogP) is -1.27. The number of rotatable bonds is 4. The number of hydrogen-bond acceptors (Lipinski definition) is 5. The summed E-state index contributed by atoms with van der Waals surface area (Å²) < 4.78 is 1.05. The standard InChI is InChI=1S/C12H21N5O2/c1-15-5-7-17(8-6-15)4-3-13-10-9-11(18)16(2)12(19)14-10/h9,13H,3-8H2,1-2H3,(H,14,19). The third kappa shape index (κ3) is 3.68. The summed E-state index contributed by atoms with van der Waals surface area (Å²) in [6, 6.07) is 1.41. The molecule has 2 N–H and O–H groups in total. The van der Waals surface area contributed by atoms with Crippen molar-refractivity contribution in [1.82, 2.24) is 19.4 Å².